The Morgan fingerprint density at radius 2 is 1.69 bits per heavy atom. The highest BCUT2D eigenvalue weighted by molar-refractivity contribution is 9.09. The Morgan fingerprint density at radius 3 is 2.23 bits per heavy atom. The van der Waals surface area contributed by atoms with Crippen LogP contribution < -0.4 is 0 Å². The molecule has 1 aliphatic rings. The Kier molecular flexibility index (Phi) is 6.10. The lowest BCUT2D eigenvalue weighted by Gasteiger charge is -2.09. The maximum absolute atomic E-state index is 3.51. The van der Waals surface area contributed by atoms with E-state index in [0.717, 1.165) is 11.8 Å². The lowest BCUT2D eigenvalue weighted by Crippen LogP contribution is -1.97. The van der Waals surface area contributed by atoms with E-state index in [9.17, 15) is 0 Å². The smallest absolute Gasteiger partial charge is 0.00314 e. The molecule has 2 unspecified atom stereocenters. The molecule has 13 heavy (non-hydrogen) atoms. The fourth-order valence-electron chi connectivity index (χ4n) is 2.56. The summed E-state index contributed by atoms with van der Waals surface area (Å²) in [7, 11) is 0. The Hall–Kier alpha value is 0.480. The first kappa shape index (κ1) is 11.6. The molecular formula is C12H23Br. The molecule has 0 aromatic rings. The van der Waals surface area contributed by atoms with Crippen molar-refractivity contribution in [3.63, 3.8) is 0 Å². The van der Waals surface area contributed by atoms with E-state index in [-0.39, 0.29) is 0 Å². The van der Waals surface area contributed by atoms with Crippen LogP contribution in [0.25, 0.3) is 0 Å². The summed E-state index contributed by atoms with van der Waals surface area (Å²) in [6.45, 7) is 2.30. The van der Waals surface area contributed by atoms with Gasteiger partial charge in [0.15, 0.2) is 0 Å². The van der Waals surface area contributed by atoms with E-state index in [0.29, 0.717) is 0 Å². The minimum atomic E-state index is 1.07. The van der Waals surface area contributed by atoms with Gasteiger partial charge in [0.25, 0.3) is 0 Å². The van der Waals surface area contributed by atoms with Gasteiger partial charge in [-0.25, -0.2) is 0 Å². The van der Waals surface area contributed by atoms with Crippen LogP contribution in [0.15, 0.2) is 0 Å². The van der Waals surface area contributed by atoms with Crippen molar-refractivity contribution in [3.05, 3.63) is 0 Å². The van der Waals surface area contributed by atoms with Crippen molar-refractivity contribution >= 4 is 15.9 Å². The van der Waals surface area contributed by atoms with Gasteiger partial charge in [0.2, 0.25) is 0 Å². The first-order valence-corrected chi connectivity index (χ1v) is 7.05. The standard InChI is InChI=1S/C12H23Br/c1-2-3-5-11-7-8-12(10-11)6-4-9-13/h11-12H,2-10H2,1H3. The highest BCUT2D eigenvalue weighted by Gasteiger charge is 2.23. The summed E-state index contributed by atoms with van der Waals surface area (Å²) in [4.78, 5) is 0. The van der Waals surface area contributed by atoms with Gasteiger partial charge >= 0.3 is 0 Å². The molecule has 1 rings (SSSR count). The van der Waals surface area contributed by atoms with Gasteiger partial charge in [0, 0.05) is 5.33 Å². The monoisotopic (exact) mass is 246 g/mol. The van der Waals surface area contributed by atoms with Crippen molar-refractivity contribution in [1.82, 2.24) is 0 Å². The quantitative estimate of drug-likeness (QED) is 0.593. The van der Waals surface area contributed by atoms with Crippen molar-refractivity contribution < 1.29 is 0 Å². The molecule has 1 saturated carbocycles. The second-order valence-electron chi connectivity index (χ2n) is 4.52. The summed E-state index contributed by atoms with van der Waals surface area (Å²) in [6.07, 6.45) is 11.8. The zero-order valence-corrected chi connectivity index (χ0v) is 10.5. The second-order valence-corrected chi connectivity index (χ2v) is 5.31. The van der Waals surface area contributed by atoms with Gasteiger partial charge in [0.05, 0.1) is 0 Å². The van der Waals surface area contributed by atoms with E-state index in [1.807, 2.05) is 0 Å². The van der Waals surface area contributed by atoms with Crippen LogP contribution in [0.1, 0.15) is 58.3 Å². The molecule has 0 aromatic carbocycles. The summed E-state index contributed by atoms with van der Waals surface area (Å²) in [5, 5.41) is 1.20. The van der Waals surface area contributed by atoms with Crippen molar-refractivity contribution in [3.8, 4) is 0 Å². The third-order valence-electron chi connectivity index (χ3n) is 3.36. The van der Waals surface area contributed by atoms with Gasteiger partial charge in [-0.1, -0.05) is 55.0 Å². The fraction of sp³-hybridized carbons (Fsp3) is 1.00. The van der Waals surface area contributed by atoms with Crippen LogP contribution in [0.3, 0.4) is 0 Å². The molecule has 0 N–H and O–H groups in total. The molecular weight excluding hydrogens is 224 g/mol. The summed E-state index contributed by atoms with van der Waals surface area (Å²) in [5.74, 6) is 2.15. The summed E-state index contributed by atoms with van der Waals surface area (Å²) in [6, 6.07) is 0. The number of rotatable bonds is 6. The lowest BCUT2D eigenvalue weighted by molar-refractivity contribution is 0.434. The molecule has 0 nitrogen and oxygen atoms in total. The van der Waals surface area contributed by atoms with Gasteiger partial charge in [-0.2, -0.15) is 0 Å². The van der Waals surface area contributed by atoms with E-state index in [1.54, 1.807) is 0 Å². The van der Waals surface area contributed by atoms with Crippen LogP contribution in [0.4, 0.5) is 0 Å². The molecule has 0 heterocycles. The predicted molar refractivity (Wildman–Crippen MR) is 63.4 cm³/mol. The maximum atomic E-state index is 3.51. The molecule has 0 bridgehead atoms. The lowest BCUT2D eigenvalue weighted by atomic mass is 9.97. The highest BCUT2D eigenvalue weighted by Crippen LogP contribution is 2.36. The minimum absolute atomic E-state index is 1.07. The number of hydrogen-bond donors (Lipinski definition) is 0. The topological polar surface area (TPSA) is 0 Å². The maximum Gasteiger partial charge on any atom is 0.00314 e. The second kappa shape index (κ2) is 6.86. The first-order chi connectivity index (χ1) is 6.36. The molecule has 1 fully saturated rings. The zero-order valence-electron chi connectivity index (χ0n) is 8.90. The third-order valence-corrected chi connectivity index (χ3v) is 3.92. The largest absolute Gasteiger partial charge is 0.0928 e. The van der Waals surface area contributed by atoms with Gasteiger partial charge < -0.3 is 0 Å². The van der Waals surface area contributed by atoms with Crippen LogP contribution in [-0.2, 0) is 0 Å². The molecule has 0 radical (unpaired) electrons. The van der Waals surface area contributed by atoms with Crippen molar-refractivity contribution in [1.29, 1.82) is 0 Å². The number of unbranched alkanes of at least 4 members (excludes halogenated alkanes) is 1. The third kappa shape index (κ3) is 4.49. The Bertz CT molecular complexity index is 108. The number of alkyl halides is 1. The molecule has 1 aliphatic carbocycles. The molecule has 0 aliphatic heterocycles. The Balaban J connectivity index is 2.05. The molecule has 1 heteroatoms. The highest BCUT2D eigenvalue weighted by atomic mass is 79.9. The average Bonchev–Trinajstić information content (AvgIpc) is 2.59. The van der Waals surface area contributed by atoms with Crippen molar-refractivity contribution in [2.75, 3.05) is 5.33 Å². The van der Waals surface area contributed by atoms with E-state index in [4.69, 9.17) is 0 Å². The van der Waals surface area contributed by atoms with E-state index >= 15 is 0 Å². The SMILES string of the molecule is CCCCC1CCC(CCCBr)C1. The Morgan fingerprint density at radius 1 is 1.08 bits per heavy atom. The summed E-state index contributed by atoms with van der Waals surface area (Å²) < 4.78 is 0. The normalized spacial score (nSPS) is 28.2. The first-order valence-electron chi connectivity index (χ1n) is 5.92. The van der Waals surface area contributed by atoms with Gasteiger partial charge in [0.1, 0.15) is 0 Å². The molecule has 78 valence electrons. The molecule has 0 saturated heterocycles. The van der Waals surface area contributed by atoms with Gasteiger partial charge in [-0.05, 0) is 31.1 Å². The Labute approximate surface area is 91.6 Å². The molecule has 0 spiro atoms. The van der Waals surface area contributed by atoms with Gasteiger partial charge in [-0.3, -0.25) is 0 Å². The van der Waals surface area contributed by atoms with E-state index < -0.39 is 0 Å². The van der Waals surface area contributed by atoms with Crippen LogP contribution in [0, 0.1) is 11.8 Å². The van der Waals surface area contributed by atoms with Crippen LogP contribution in [0.5, 0.6) is 0 Å². The van der Waals surface area contributed by atoms with Crippen molar-refractivity contribution in [2.45, 2.75) is 58.3 Å². The van der Waals surface area contributed by atoms with Crippen LogP contribution in [0.2, 0.25) is 0 Å². The molecule has 2 atom stereocenters. The van der Waals surface area contributed by atoms with E-state index in [2.05, 4.69) is 22.9 Å². The number of halogens is 1. The summed E-state index contributed by atoms with van der Waals surface area (Å²) >= 11 is 3.51. The van der Waals surface area contributed by atoms with Gasteiger partial charge in [-0.15, -0.1) is 0 Å². The van der Waals surface area contributed by atoms with E-state index in [1.165, 1.54) is 56.7 Å². The number of hydrogen-bond acceptors (Lipinski definition) is 0. The fourth-order valence-corrected chi connectivity index (χ4v) is 2.89. The molecule has 0 aromatic heterocycles. The van der Waals surface area contributed by atoms with Crippen LogP contribution in [-0.4, -0.2) is 5.33 Å². The predicted octanol–water partition coefficient (Wildman–Crippen LogP) is 4.77. The van der Waals surface area contributed by atoms with Crippen LogP contribution >= 0.6 is 15.9 Å². The average molecular weight is 247 g/mol. The zero-order chi connectivity index (χ0) is 9.52. The van der Waals surface area contributed by atoms with Crippen molar-refractivity contribution in [2.24, 2.45) is 11.8 Å². The summed E-state index contributed by atoms with van der Waals surface area (Å²) in [5.41, 5.74) is 0. The molecule has 0 amide bonds. The minimum Gasteiger partial charge on any atom is -0.0928 e.